The van der Waals surface area contributed by atoms with E-state index in [1.165, 1.54) is 13.2 Å². The summed E-state index contributed by atoms with van der Waals surface area (Å²) in [5, 5.41) is 24.4. The molecule has 9 heteroatoms. The van der Waals surface area contributed by atoms with Crippen molar-refractivity contribution < 1.29 is 29.0 Å². The summed E-state index contributed by atoms with van der Waals surface area (Å²) in [6.07, 6.45) is -1.03. The molecular weight excluding hydrogens is 340 g/mol. The molecule has 0 fully saturated rings. The van der Waals surface area contributed by atoms with Crippen LogP contribution in [0.25, 0.3) is 0 Å². The number of methoxy groups -OCH3 is 1. The molecule has 2 rings (SSSR count). The second-order valence-electron chi connectivity index (χ2n) is 4.81. The van der Waals surface area contributed by atoms with E-state index in [4.69, 9.17) is 30.7 Å². The Labute approximate surface area is 142 Å². The number of carbonyl (C=O) groups excluding carboxylic acids is 1. The molecule has 0 unspecified atom stereocenters. The van der Waals surface area contributed by atoms with E-state index in [1.54, 1.807) is 18.2 Å². The molecular formula is C15H17ClN2O6. The maximum Gasteiger partial charge on any atom is 0.273 e. The summed E-state index contributed by atoms with van der Waals surface area (Å²) in [4.78, 5) is 11.8. The average Bonchev–Trinajstić information content (AvgIpc) is 3.07. The van der Waals surface area contributed by atoms with Crippen LogP contribution in [0.2, 0.25) is 5.02 Å². The van der Waals surface area contributed by atoms with Crippen molar-refractivity contribution in [2.45, 2.75) is 12.7 Å². The highest BCUT2D eigenvalue weighted by molar-refractivity contribution is 6.30. The molecule has 24 heavy (non-hydrogen) atoms. The number of ether oxygens (including phenoxy) is 2. The fraction of sp³-hybridized carbons (Fsp3) is 0.333. The van der Waals surface area contributed by atoms with E-state index in [-0.39, 0.29) is 18.8 Å². The van der Waals surface area contributed by atoms with Crippen molar-refractivity contribution in [3.8, 4) is 11.5 Å². The first-order valence-electron chi connectivity index (χ1n) is 7.02. The third-order valence-corrected chi connectivity index (χ3v) is 3.23. The topological polar surface area (TPSA) is 114 Å². The SMILES string of the molecule is COc1cc(Cl)ccc1OCc1cc(C(=O)NC[C@@H](O)CO)no1. The Kier molecular flexibility index (Phi) is 6.42. The molecule has 8 nitrogen and oxygen atoms in total. The lowest BCUT2D eigenvalue weighted by atomic mass is 10.3. The van der Waals surface area contributed by atoms with Crippen molar-refractivity contribution in [1.29, 1.82) is 0 Å². The van der Waals surface area contributed by atoms with Crippen LogP contribution in [0.3, 0.4) is 0 Å². The molecule has 2 aromatic rings. The maximum absolute atomic E-state index is 11.8. The van der Waals surface area contributed by atoms with E-state index in [0.29, 0.717) is 22.3 Å². The van der Waals surface area contributed by atoms with Crippen molar-refractivity contribution in [1.82, 2.24) is 10.5 Å². The molecule has 1 aromatic heterocycles. The summed E-state index contributed by atoms with van der Waals surface area (Å²) in [6, 6.07) is 6.35. The summed E-state index contributed by atoms with van der Waals surface area (Å²) in [5.41, 5.74) is 0.0433. The van der Waals surface area contributed by atoms with Crippen molar-refractivity contribution in [2.75, 3.05) is 20.3 Å². The minimum absolute atomic E-state index is 0.0392. The fourth-order valence-corrected chi connectivity index (χ4v) is 1.93. The number of hydrogen-bond donors (Lipinski definition) is 3. The first-order valence-corrected chi connectivity index (χ1v) is 7.40. The predicted molar refractivity (Wildman–Crippen MR) is 84.3 cm³/mol. The summed E-state index contributed by atoms with van der Waals surface area (Å²) < 4.78 is 15.7. The summed E-state index contributed by atoms with van der Waals surface area (Å²) >= 11 is 5.87. The molecule has 3 N–H and O–H groups in total. The molecule has 1 aromatic carbocycles. The first-order chi connectivity index (χ1) is 11.5. The second-order valence-corrected chi connectivity index (χ2v) is 5.25. The minimum atomic E-state index is -1.03. The van der Waals surface area contributed by atoms with E-state index < -0.39 is 18.6 Å². The van der Waals surface area contributed by atoms with Gasteiger partial charge in [-0.3, -0.25) is 4.79 Å². The molecule has 0 saturated heterocycles. The Morgan fingerprint density at radius 3 is 2.92 bits per heavy atom. The number of aliphatic hydroxyl groups excluding tert-OH is 2. The summed E-state index contributed by atoms with van der Waals surface area (Å²) in [7, 11) is 1.50. The predicted octanol–water partition coefficient (Wildman–Crippen LogP) is 0.999. The van der Waals surface area contributed by atoms with Crippen LogP contribution in [-0.2, 0) is 6.61 Å². The van der Waals surface area contributed by atoms with Crippen molar-refractivity contribution in [3.63, 3.8) is 0 Å². The number of carbonyl (C=O) groups is 1. The molecule has 0 saturated carbocycles. The highest BCUT2D eigenvalue weighted by atomic mass is 35.5. The standard InChI is InChI=1S/C15H17ClN2O6/c1-22-14-4-9(16)2-3-13(14)23-8-11-5-12(18-24-11)15(21)17-6-10(20)7-19/h2-5,10,19-20H,6-8H2,1H3,(H,17,21)/t10-/m1/s1. The zero-order valence-corrected chi connectivity index (χ0v) is 13.6. The molecule has 0 bridgehead atoms. The normalized spacial score (nSPS) is 11.8. The van der Waals surface area contributed by atoms with Gasteiger partial charge in [0.15, 0.2) is 23.0 Å². The zero-order chi connectivity index (χ0) is 17.5. The van der Waals surface area contributed by atoms with E-state index in [2.05, 4.69) is 10.5 Å². The van der Waals surface area contributed by atoms with Crippen LogP contribution in [0.5, 0.6) is 11.5 Å². The molecule has 0 aliphatic carbocycles. The molecule has 1 heterocycles. The highest BCUT2D eigenvalue weighted by Crippen LogP contribution is 2.30. The van der Waals surface area contributed by atoms with E-state index >= 15 is 0 Å². The van der Waals surface area contributed by atoms with Gasteiger partial charge in [-0.2, -0.15) is 0 Å². The molecule has 1 atom stereocenters. The number of aliphatic hydroxyl groups is 2. The Bertz CT molecular complexity index is 690. The van der Waals surface area contributed by atoms with Crippen molar-refractivity contribution in [3.05, 3.63) is 40.7 Å². The summed E-state index contributed by atoms with van der Waals surface area (Å²) in [6.45, 7) is -0.491. The molecule has 1 amide bonds. The van der Waals surface area contributed by atoms with Gasteiger partial charge >= 0.3 is 0 Å². The van der Waals surface area contributed by atoms with Gasteiger partial charge in [-0.1, -0.05) is 16.8 Å². The van der Waals surface area contributed by atoms with Crippen LogP contribution in [0.1, 0.15) is 16.2 Å². The van der Waals surface area contributed by atoms with Gasteiger partial charge in [-0.15, -0.1) is 0 Å². The quantitative estimate of drug-likeness (QED) is 0.646. The van der Waals surface area contributed by atoms with Crippen LogP contribution in [-0.4, -0.2) is 47.6 Å². The number of halogens is 1. The molecule has 0 aliphatic rings. The van der Waals surface area contributed by atoms with Crippen LogP contribution >= 0.6 is 11.6 Å². The van der Waals surface area contributed by atoms with Crippen LogP contribution in [0.15, 0.2) is 28.8 Å². The van der Waals surface area contributed by atoms with E-state index in [0.717, 1.165) is 0 Å². The molecule has 0 radical (unpaired) electrons. The number of nitrogens with zero attached hydrogens (tertiary/aromatic N) is 1. The van der Waals surface area contributed by atoms with Gasteiger partial charge in [-0.25, -0.2) is 0 Å². The average molecular weight is 357 g/mol. The largest absolute Gasteiger partial charge is 0.493 e. The van der Waals surface area contributed by atoms with Crippen molar-refractivity contribution >= 4 is 17.5 Å². The smallest absolute Gasteiger partial charge is 0.273 e. The van der Waals surface area contributed by atoms with E-state index in [9.17, 15) is 9.90 Å². The molecule has 130 valence electrons. The van der Waals surface area contributed by atoms with Gasteiger partial charge in [0.25, 0.3) is 5.91 Å². The number of hydrogen-bond acceptors (Lipinski definition) is 7. The van der Waals surface area contributed by atoms with Gasteiger partial charge < -0.3 is 29.5 Å². The number of aromatic nitrogens is 1. The second kappa shape index (κ2) is 8.53. The summed E-state index contributed by atoms with van der Waals surface area (Å²) in [5.74, 6) is 0.745. The Hall–Kier alpha value is -2.29. The van der Waals surface area contributed by atoms with Crippen LogP contribution in [0.4, 0.5) is 0 Å². The van der Waals surface area contributed by atoms with E-state index in [1.807, 2.05) is 0 Å². The van der Waals surface area contributed by atoms with Crippen molar-refractivity contribution in [2.24, 2.45) is 0 Å². The third kappa shape index (κ3) is 4.85. The third-order valence-electron chi connectivity index (χ3n) is 3.00. The monoisotopic (exact) mass is 356 g/mol. The first kappa shape index (κ1) is 18.1. The highest BCUT2D eigenvalue weighted by Gasteiger charge is 2.14. The Morgan fingerprint density at radius 1 is 1.42 bits per heavy atom. The number of benzene rings is 1. The van der Waals surface area contributed by atoms with Gasteiger partial charge in [0.2, 0.25) is 0 Å². The van der Waals surface area contributed by atoms with Gasteiger partial charge in [-0.05, 0) is 12.1 Å². The Balaban J connectivity index is 1.93. The fourth-order valence-electron chi connectivity index (χ4n) is 1.76. The van der Waals surface area contributed by atoms with Gasteiger partial charge in [0, 0.05) is 23.7 Å². The van der Waals surface area contributed by atoms with Gasteiger partial charge in [0.1, 0.15) is 6.61 Å². The maximum atomic E-state index is 11.8. The Morgan fingerprint density at radius 2 is 2.21 bits per heavy atom. The lowest BCUT2D eigenvalue weighted by molar-refractivity contribution is 0.0796. The van der Waals surface area contributed by atoms with Crippen LogP contribution < -0.4 is 14.8 Å². The van der Waals surface area contributed by atoms with Crippen LogP contribution in [0, 0.1) is 0 Å². The number of nitrogens with one attached hydrogen (secondary N) is 1. The zero-order valence-electron chi connectivity index (χ0n) is 12.9. The minimum Gasteiger partial charge on any atom is -0.493 e. The lowest BCUT2D eigenvalue weighted by Crippen LogP contribution is -2.34. The lowest BCUT2D eigenvalue weighted by Gasteiger charge is -2.09. The number of amides is 1. The molecule has 0 spiro atoms. The molecule has 0 aliphatic heterocycles. The number of rotatable bonds is 8. The van der Waals surface area contributed by atoms with Gasteiger partial charge in [0.05, 0.1) is 19.8 Å².